The Morgan fingerprint density at radius 3 is 2.16 bits per heavy atom. The smallest absolute Gasteiger partial charge is 0.165 e. The van der Waals surface area contributed by atoms with Crippen LogP contribution in [0.1, 0.15) is 25.8 Å². The van der Waals surface area contributed by atoms with Gasteiger partial charge in [0.25, 0.3) is 0 Å². The van der Waals surface area contributed by atoms with Gasteiger partial charge in [-0.2, -0.15) is 0 Å². The number of aliphatic hydroxyl groups excluding tert-OH is 1. The number of rotatable bonds is 9. The lowest BCUT2D eigenvalue weighted by Crippen LogP contribution is -2.41. The van der Waals surface area contributed by atoms with E-state index in [-0.39, 0.29) is 0 Å². The van der Waals surface area contributed by atoms with Crippen molar-refractivity contribution in [2.45, 2.75) is 64.6 Å². The highest BCUT2D eigenvalue weighted by Crippen LogP contribution is 2.37. The largest absolute Gasteiger partial charge is 0.496 e. The van der Waals surface area contributed by atoms with E-state index in [2.05, 4.69) is 31.8 Å². The van der Waals surface area contributed by atoms with Crippen LogP contribution in [0.25, 0.3) is 0 Å². The average Bonchev–Trinajstić information content (AvgIpc) is 2.51. The fourth-order valence-corrected chi connectivity index (χ4v) is 3.27. The molecule has 1 unspecified atom stereocenters. The van der Waals surface area contributed by atoms with Gasteiger partial charge in [0.05, 0.1) is 20.3 Å². The quantitative estimate of drug-likeness (QED) is 0.503. The molecule has 1 aromatic carbocycles. The van der Waals surface area contributed by atoms with E-state index in [1.54, 1.807) is 14.2 Å². The molecule has 142 valence electrons. The predicted octanol–water partition coefficient (Wildman–Crippen LogP) is 4.82. The van der Waals surface area contributed by atoms with Gasteiger partial charge in [-0.1, -0.05) is 31.8 Å². The third-order valence-electron chi connectivity index (χ3n) is 4.11. The Bertz CT molecular complexity index is 588. The second kappa shape index (κ2) is 8.76. The van der Waals surface area contributed by atoms with Crippen molar-refractivity contribution in [1.82, 2.24) is 0 Å². The van der Waals surface area contributed by atoms with Crippen molar-refractivity contribution in [1.29, 1.82) is 0 Å². The first-order chi connectivity index (χ1) is 11.5. The summed E-state index contributed by atoms with van der Waals surface area (Å²) in [6.45, 7) is 12.7. The third kappa shape index (κ3) is 6.75. The van der Waals surface area contributed by atoms with Crippen LogP contribution in [0.4, 0.5) is 0 Å². The number of hydrogen-bond acceptors (Lipinski definition) is 4. The fourth-order valence-electron chi connectivity index (χ4n) is 2.40. The number of ether oxygens (including phenoxy) is 3. The molecule has 0 aromatic heterocycles. The summed E-state index contributed by atoms with van der Waals surface area (Å²) in [6.07, 6.45) is 4.17. The van der Waals surface area contributed by atoms with Gasteiger partial charge in [-0.25, -0.2) is 0 Å². The Kier molecular flexibility index (Phi) is 7.56. The highest BCUT2D eigenvalue weighted by Gasteiger charge is 2.30. The SMILES string of the molecule is COc1cc(OC(C)(C)C(O)C/C=C\C[Si](C)(C)C)c(OC)cc1C. The molecule has 1 atom stereocenters. The number of allylic oxidation sites excluding steroid dienone is 1. The highest BCUT2D eigenvalue weighted by atomic mass is 28.3. The summed E-state index contributed by atoms with van der Waals surface area (Å²) in [7, 11) is 2.14. The summed E-state index contributed by atoms with van der Waals surface area (Å²) in [5.74, 6) is 1.93. The van der Waals surface area contributed by atoms with E-state index in [1.807, 2.05) is 32.9 Å². The maximum absolute atomic E-state index is 10.6. The second-order valence-corrected chi connectivity index (χ2v) is 13.7. The molecule has 0 spiro atoms. The summed E-state index contributed by atoms with van der Waals surface area (Å²) in [4.78, 5) is 0. The van der Waals surface area contributed by atoms with Crippen molar-refractivity contribution in [3.8, 4) is 17.2 Å². The van der Waals surface area contributed by atoms with E-state index in [9.17, 15) is 5.11 Å². The molecule has 0 aliphatic heterocycles. The van der Waals surface area contributed by atoms with Gasteiger partial charge < -0.3 is 19.3 Å². The molecule has 0 heterocycles. The zero-order chi connectivity index (χ0) is 19.3. The van der Waals surface area contributed by atoms with Crippen molar-refractivity contribution in [3.63, 3.8) is 0 Å². The van der Waals surface area contributed by atoms with Crippen LogP contribution < -0.4 is 14.2 Å². The van der Waals surface area contributed by atoms with E-state index in [4.69, 9.17) is 14.2 Å². The standard InChI is InChI=1S/C20H34O4Si/c1-15-13-17(23-5)18(14-16(15)22-4)24-20(2,3)19(21)11-9-10-12-25(6,7)8/h9-10,13-14,19,21H,11-12H2,1-8H3/b10-9-. The van der Waals surface area contributed by atoms with Gasteiger partial charge in [0.15, 0.2) is 11.5 Å². The number of benzene rings is 1. The summed E-state index contributed by atoms with van der Waals surface area (Å²) in [5.41, 5.74) is 0.219. The number of methoxy groups -OCH3 is 2. The highest BCUT2D eigenvalue weighted by molar-refractivity contribution is 6.76. The van der Waals surface area contributed by atoms with E-state index in [0.717, 1.165) is 17.4 Å². The summed E-state index contributed by atoms with van der Waals surface area (Å²) < 4.78 is 16.9. The Labute approximate surface area is 153 Å². The predicted molar refractivity (Wildman–Crippen MR) is 107 cm³/mol. The average molecular weight is 367 g/mol. The fraction of sp³-hybridized carbons (Fsp3) is 0.600. The third-order valence-corrected chi connectivity index (χ3v) is 5.57. The monoisotopic (exact) mass is 366 g/mol. The lowest BCUT2D eigenvalue weighted by Gasteiger charge is -2.32. The van der Waals surface area contributed by atoms with Crippen LogP contribution in [0.15, 0.2) is 24.3 Å². The van der Waals surface area contributed by atoms with E-state index in [1.165, 1.54) is 0 Å². The summed E-state index contributed by atoms with van der Waals surface area (Å²) >= 11 is 0. The van der Waals surface area contributed by atoms with Gasteiger partial charge in [0.2, 0.25) is 0 Å². The molecule has 0 radical (unpaired) electrons. The van der Waals surface area contributed by atoms with Gasteiger partial charge in [0.1, 0.15) is 11.4 Å². The Morgan fingerprint density at radius 2 is 1.64 bits per heavy atom. The van der Waals surface area contributed by atoms with E-state index >= 15 is 0 Å². The molecule has 4 nitrogen and oxygen atoms in total. The topological polar surface area (TPSA) is 47.9 Å². The van der Waals surface area contributed by atoms with Gasteiger partial charge in [0, 0.05) is 14.1 Å². The summed E-state index contributed by atoms with van der Waals surface area (Å²) in [5, 5.41) is 10.6. The number of aryl methyl sites for hydroxylation is 1. The van der Waals surface area contributed by atoms with Gasteiger partial charge in [-0.05, 0) is 44.9 Å². The van der Waals surface area contributed by atoms with Gasteiger partial charge >= 0.3 is 0 Å². The van der Waals surface area contributed by atoms with E-state index < -0.39 is 19.8 Å². The molecule has 0 aliphatic rings. The maximum Gasteiger partial charge on any atom is 0.165 e. The zero-order valence-electron chi connectivity index (χ0n) is 17.0. The van der Waals surface area contributed by atoms with Gasteiger partial charge in [-0.15, -0.1) is 0 Å². The molecule has 0 fully saturated rings. The van der Waals surface area contributed by atoms with Crippen molar-refractivity contribution < 1.29 is 19.3 Å². The van der Waals surface area contributed by atoms with Crippen LogP contribution >= 0.6 is 0 Å². The lowest BCUT2D eigenvalue weighted by atomic mass is 9.98. The summed E-state index contributed by atoms with van der Waals surface area (Å²) in [6, 6.07) is 4.80. The van der Waals surface area contributed by atoms with Crippen LogP contribution in [-0.4, -0.2) is 39.1 Å². The first kappa shape index (κ1) is 21.6. The second-order valence-electron chi connectivity index (χ2n) is 8.17. The van der Waals surface area contributed by atoms with Crippen LogP contribution in [0.3, 0.4) is 0 Å². The lowest BCUT2D eigenvalue weighted by molar-refractivity contribution is -0.0276. The Balaban J connectivity index is 2.85. The van der Waals surface area contributed by atoms with Crippen LogP contribution in [0, 0.1) is 6.92 Å². The molecule has 0 bridgehead atoms. The Morgan fingerprint density at radius 1 is 1.04 bits per heavy atom. The molecular weight excluding hydrogens is 332 g/mol. The zero-order valence-corrected chi connectivity index (χ0v) is 18.0. The normalized spacial score (nSPS) is 13.8. The first-order valence-corrected chi connectivity index (χ1v) is 12.5. The molecule has 0 saturated heterocycles. The van der Waals surface area contributed by atoms with Gasteiger partial charge in [-0.3, -0.25) is 0 Å². The minimum absolute atomic E-state index is 0.558. The minimum Gasteiger partial charge on any atom is -0.496 e. The molecule has 25 heavy (non-hydrogen) atoms. The molecule has 1 N–H and O–H groups in total. The Hall–Kier alpha value is -1.46. The maximum atomic E-state index is 10.6. The first-order valence-electron chi connectivity index (χ1n) is 8.75. The molecular formula is C20H34O4Si. The van der Waals surface area contributed by atoms with Crippen molar-refractivity contribution >= 4 is 8.07 Å². The van der Waals surface area contributed by atoms with Crippen molar-refractivity contribution in [3.05, 3.63) is 29.8 Å². The van der Waals surface area contributed by atoms with Crippen LogP contribution in [0.5, 0.6) is 17.2 Å². The molecule has 0 amide bonds. The van der Waals surface area contributed by atoms with Crippen LogP contribution in [0.2, 0.25) is 25.7 Å². The molecule has 1 rings (SSSR count). The van der Waals surface area contributed by atoms with Crippen LogP contribution in [-0.2, 0) is 0 Å². The van der Waals surface area contributed by atoms with Crippen molar-refractivity contribution in [2.75, 3.05) is 14.2 Å². The number of hydrogen-bond donors (Lipinski definition) is 1. The molecule has 5 heteroatoms. The molecule has 0 saturated carbocycles. The van der Waals surface area contributed by atoms with Crippen molar-refractivity contribution in [2.24, 2.45) is 0 Å². The number of aliphatic hydroxyl groups is 1. The molecule has 1 aromatic rings. The minimum atomic E-state index is -1.09. The van der Waals surface area contributed by atoms with E-state index in [0.29, 0.717) is 17.9 Å². The molecule has 0 aliphatic carbocycles.